The summed E-state index contributed by atoms with van der Waals surface area (Å²) in [4.78, 5) is 32.9. The Hall–Kier alpha value is -2.74. The lowest BCUT2D eigenvalue weighted by Crippen LogP contribution is -2.10. The van der Waals surface area contributed by atoms with Crippen LogP contribution in [0.3, 0.4) is 0 Å². The highest BCUT2D eigenvalue weighted by Gasteiger charge is 2.19. The summed E-state index contributed by atoms with van der Waals surface area (Å²) in [7, 11) is 0. The lowest BCUT2D eigenvalue weighted by atomic mass is 10.3. The number of anilines is 1. The maximum absolute atomic E-state index is 12.3. The number of hydrogen-bond donors (Lipinski definition) is 1. The Kier molecular flexibility index (Phi) is 4.30. The maximum atomic E-state index is 12.3. The summed E-state index contributed by atoms with van der Waals surface area (Å²) in [5, 5.41) is 2.94. The average Bonchev–Trinajstić information content (AvgIpc) is 3.10. The molecule has 0 aliphatic heterocycles. The van der Waals surface area contributed by atoms with Crippen molar-refractivity contribution in [2.75, 3.05) is 11.9 Å². The lowest BCUT2D eigenvalue weighted by Gasteiger charge is -1.98. The molecule has 3 aromatic heterocycles. The second kappa shape index (κ2) is 6.40. The fraction of sp³-hybridized carbons (Fsp3) is 0.250. The molecule has 3 aromatic rings. The summed E-state index contributed by atoms with van der Waals surface area (Å²) >= 11 is 1.06. The molecule has 0 saturated heterocycles. The van der Waals surface area contributed by atoms with Crippen LogP contribution in [0.15, 0.2) is 22.6 Å². The van der Waals surface area contributed by atoms with Gasteiger partial charge in [0.2, 0.25) is 0 Å². The van der Waals surface area contributed by atoms with Gasteiger partial charge in [-0.05, 0) is 32.9 Å². The number of aromatic nitrogens is 2. The Labute approximate surface area is 141 Å². The van der Waals surface area contributed by atoms with E-state index in [9.17, 15) is 9.59 Å². The van der Waals surface area contributed by atoms with Crippen molar-refractivity contribution in [2.24, 2.45) is 0 Å². The van der Waals surface area contributed by atoms with Gasteiger partial charge in [-0.25, -0.2) is 14.8 Å². The molecule has 0 atom stereocenters. The SMILES string of the molecule is CCOC(=O)c1sc(NC(=O)c2cc3nc(C)ccc3o2)nc1C. The fourth-order valence-electron chi connectivity index (χ4n) is 2.13. The van der Waals surface area contributed by atoms with E-state index in [1.165, 1.54) is 0 Å². The number of furan rings is 1. The van der Waals surface area contributed by atoms with Crippen LogP contribution in [0, 0.1) is 13.8 Å². The van der Waals surface area contributed by atoms with E-state index in [1.807, 2.05) is 13.0 Å². The topological polar surface area (TPSA) is 94.3 Å². The number of esters is 1. The third-order valence-corrected chi connectivity index (χ3v) is 4.27. The van der Waals surface area contributed by atoms with E-state index in [0.29, 0.717) is 26.8 Å². The molecule has 0 aromatic carbocycles. The third-order valence-electron chi connectivity index (χ3n) is 3.21. The van der Waals surface area contributed by atoms with Crippen LogP contribution >= 0.6 is 11.3 Å². The number of nitrogens with one attached hydrogen (secondary N) is 1. The van der Waals surface area contributed by atoms with Crippen LogP contribution in [-0.2, 0) is 4.74 Å². The molecular formula is C16H15N3O4S. The number of ether oxygens (including phenoxy) is 1. The molecule has 0 saturated carbocycles. The molecule has 0 unspecified atom stereocenters. The number of hydrogen-bond acceptors (Lipinski definition) is 7. The van der Waals surface area contributed by atoms with Crippen molar-refractivity contribution < 1.29 is 18.7 Å². The van der Waals surface area contributed by atoms with Gasteiger partial charge < -0.3 is 9.15 Å². The highest BCUT2D eigenvalue weighted by atomic mass is 32.1. The highest BCUT2D eigenvalue weighted by Crippen LogP contribution is 2.25. The molecule has 0 bridgehead atoms. The number of thiazole rings is 1. The first-order chi connectivity index (χ1) is 11.5. The Morgan fingerprint density at radius 1 is 1.29 bits per heavy atom. The van der Waals surface area contributed by atoms with Crippen molar-refractivity contribution in [3.63, 3.8) is 0 Å². The Balaban J connectivity index is 1.81. The number of aryl methyl sites for hydroxylation is 2. The zero-order valence-electron chi connectivity index (χ0n) is 13.4. The van der Waals surface area contributed by atoms with Gasteiger partial charge in [-0.2, -0.15) is 0 Å². The highest BCUT2D eigenvalue weighted by molar-refractivity contribution is 7.17. The van der Waals surface area contributed by atoms with Gasteiger partial charge in [-0.1, -0.05) is 11.3 Å². The van der Waals surface area contributed by atoms with Gasteiger partial charge >= 0.3 is 5.97 Å². The molecule has 3 rings (SSSR count). The van der Waals surface area contributed by atoms with Crippen LogP contribution in [0.25, 0.3) is 11.1 Å². The van der Waals surface area contributed by atoms with Crippen LogP contribution in [0.2, 0.25) is 0 Å². The van der Waals surface area contributed by atoms with Gasteiger partial charge in [0.1, 0.15) is 10.4 Å². The normalized spacial score (nSPS) is 10.8. The number of carbonyl (C=O) groups excluding carboxylic acids is 2. The van der Waals surface area contributed by atoms with Crippen molar-refractivity contribution in [3.8, 4) is 0 Å². The van der Waals surface area contributed by atoms with E-state index in [2.05, 4.69) is 15.3 Å². The second-order valence-electron chi connectivity index (χ2n) is 5.05. The molecule has 8 heteroatoms. The predicted octanol–water partition coefficient (Wildman–Crippen LogP) is 3.33. The molecule has 0 aliphatic rings. The van der Waals surface area contributed by atoms with Crippen molar-refractivity contribution in [3.05, 3.63) is 40.2 Å². The molecule has 1 amide bonds. The number of carbonyl (C=O) groups is 2. The maximum Gasteiger partial charge on any atom is 0.350 e. The second-order valence-corrected chi connectivity index (χ2v) is 6.05. The van der Waals surface area contributed by atoms with Gasteiger partial charge in [-0.3, -0.25) is 10.1 Å². The summed E-state index contributed by atoms with van der Waals surface area (Å²) in [6.07, 6.45) is 0. The van der Waals surface area contributed by atoms with E-state index in [-0.39, 0.29) is 12.4 Å². The average molecular weight is 345 g/mol. The molecular weight excluding hydrogens is 330 g/mol. The largest absolute Gasteiger partial charge is 0.462 e. The Morgan fingerprint density at radius 3 is 2.83 bits per heavy atom. The van der Waals surface area contributed by atoms with E-state index in [1.54, 1.807) is 26.0 Å². The Bertz CT molecular complexity index is 929. The minimum Gasteiger partial charge on any atom is -0.462 e. The predicted molar refractivity (Wildman–Crippen MR) is 89.5 cm³/mol. The standard InChI is InChI=1S/C16H15N3O4S/c1-4-22-15(21)13-9(3)18-16(24-13)19-14(20)12-7-10-11(23-12)6-5-8(2)17-10/h5-7H,4H2,1-3H3,(H,18,19,20). The van der Waals surface area contributed by atoms with Crippen LogP contribution in [0.1, 0.15) is 38.5 Å². The quantitative estimate of drug-likeness (QED) is 0.729. The zero-order valence-corrected chi connectivity index (χ0v) is 14.2. The summed E-state index contributed by atoms with van der Waals surface area (Å²) in [6.45, 7) is 5.56. The van der Waals surface area contributed by atoms with E-state index in [0.717, 1.165) is 17.0 Å². The molecule has 1 N–H and O–H groups in total. The first-order valence-electron chi connectivity index (χ1n) is 7.31. The van der Waals surface area contributed by atoms with Crippen LogP contribution in [0.4, 0.5) is 5.13 Å². The van der Waals surface area contributed by atoms with Gasteiger partial charge in [0.15, 0.2) is 16.5 Å². The minimum absolute atomic E-state index is 0.133. The fourth-order valence-corrected chi connectivity index (χ4v) is 2.99. The van der Waals surface area contributed by atoms with Gasteiger partial charge in [0.25, 0.3) is 5.91 Å². The summed E-state index contributed by atoms with van der Waals surface area (Å²) < 4.78 is 10.4. The molecule has 124 valence electrons. The molecule has 0 radical (unpaired) electrons. The number of rotatable bonds is 4. The molecule has 0 aliphatic carbocycles. The van der Waals surface area contributed by atoms with Gasteiger partial charge in [-0.15, -0.1) is 0 Å². The van der Waals surface area contributed by atoms with E-state index >= 15 is 0 Å². The van der Waals surface area contributed by atoms with Gasteiger partial charge in [0.05, 0.1) is 12.3 Å². The number of pyridine rings is 1. The monoisotopic (exact) mass is 345 g/mol. The van der Waals surface area contributed by atoms with Crippen molar-refractivity contribution >= 4 is 39.4 Å². The molecule has 0 spiro atoms. The molecule has 24 heavy (non-hydrogen) atoms. The third kappa shape index (κ3) is 3.13. The summed E-state index contributed by atoms with van der Waals surface area (Å²) in [5.41, 5.74) is 2.50. The van der Waals surface area contributed by atoms with Gasteiger partial charge in [0, 0.05) is 11.8 Å². The first kappa shape index (κ1) is 16.1. The summed E-state index contributed by atoms with van der Waals surface area (Å²) in [6, 6.07) is 5.15. The Morgan fingerprint density at radius 2 is 2.08 bits per heavy atom. The van der Waals surface area contributed by atoms with E-state index in [4.69, 9.17) is 9.15 Å². The smallest absolute Gasteiger partial charge is 0.350 e. The van der Waals surface area contributed by atoms with Crippen LogP contribution < -0.4 is 5.32 Å². The van der Waals surface area contributed by atoms with Crippen molar-refractivity contribution in [2.45, 2.75) is 20.8 Å². The lowest BCUT2D eigenvalue weighted by molar-refractivity contribution is 0.0531. The van der Waals surface area contributed by atoms with Crippen molar-refractivity contribution in [1.82, 2.24) is 9.97 Å². The zero-order chi connectivity index (χ0) is 17.3. The number of nitrogens with zero attached hydrogens (tertiary/aromatic N) is 2. The van der Waals surface area contributed by atoms with Crippen LogP contribution in [-0.4, -0.2) is 28.5 Å². The van der Waals surface area contributed by atoms with E-state index < -0.39 is 11.9 Å². The number of amides is 1. The van der Waals surface area contributed by atoms with Crippen LogP contribution in [0.5, 0.6) is 0 Å². The number of fused-ring (bicyclic) bond motifs is 1. The molecule has 0 fully saturated rings. The van der Waals surface area contributed by atoms with Crippen molar-refractivity contribution in [1.29, 1.82) is 0 Å². The summed E-state index contributed by atoms with van der Waals surface area (Å²) in [5.74, 6) is -0.764. The molecule has 3 heterocycles. The first-order valence-corrected chi connectivity index (χ1v) is 8.12. The molecule has 7 nitrogen and oxygen atoms in total. The minimum atomic E-state index is -0.449.